The smallest absolute Gasteiger partial charge is 0.138 e. The van der Waals surface area contributed by atoms with E-state index in [9.17, 15) is 0 Å². The summed E-state index contributed by atoms with van der Waals surface area (Å²) in [5.74, 6) is -0.603. The fraction of sp³-hybridized carbons (Fsp3) is 1.00. The van der Waals surface area contributed by atoms with Crippen molar-refractivity contribution in [1.82, 2.24) is 0 Å². The molecule has 0 bridgehead atoms. The second kappa shape index (κ2) is 5.20. The van der Waals surface area contributed by atoms with Gasteiger partial charge in [0, 0.05) is 0 Å². The minimum absolute atomic E-state index is 0. The van der Waals surface area contributed by atoms with Crippen LogP contribution in [0.15, 0.2) is 0 Å². The van der Waals surface area contributed by atoms with Gasteiger partial charge in [-0.1, -0.05) is 6.92 Å². The van der Waals surface area contributed by atoms with Crippen LogP contribution in [0.1, 0.15) is 13.3 Å². The molecule has 0 heterocycles. The van der Waals surface area contributed by atoms with E-state index in [2.05, 4.69) is 35.7 Å². The van der Waals surface area contributed by atoms with Crippen LogP contribution in [0.5, 0.6) is 0 Å². The maximum absolute atomic E-state index is 3.65. The highest BCUT2D eigenvalue weighted by atomic mass is 79.9. The van der Waals surface area contributed by atoms with Gasteiger partial charge in [0.2, 0.25) is 0 Å². The third kappa shape index (κ3) is 10.4. The Balaban J connectivity index is 0. The van der Waals surface area contributed by atoms with E-state index in [1.54, 1.807) is 0 Å². The predicted molar refractivity (Wildman–Crippen MR) is 42.9 cm³/mol. The molecule has 0 unspecified atom stereocenters. The van der Waals surface area contributed by atoms with E-state index in [1.807, 2.05) is 0 Å². The van der Waals surface area contributed by atoms with Gasteiger partial charge in [-0.05, 0) is 6.42 Å². The molecule has 8 heavy (non-hydrogen) atoms. The molecule has 0 rings (SSSR count). The minimum Gasteiger partial charge on any atom is -1.00 e. The number of halogens is 2. The van der Waals surface area contributed by atoms with E-state index in [0.717, 1.165) is 0 Å². The standard InChI is InChI=1S/C5H13BrP.BrH/c1-4-5-7(2,3)6;/h4-5H2,1-3H3;1H/q+1;/p-1. The van der Waals surface area contributed by atoms with Crippen LogP contribution in [-0.4, -0.2) is 19.5 Å². The molecular formula is C5H13Br2P. The Morgan fingerprint density at radius 3 is 1.75 bits per heavy atom. The Labute approximate surface area is 71.3 Å². The van der Waals surface area contributed by atoms with Crippen LogP contribution in [0.2, 0.25) is 0 Å². The summed E-state index contributed by atoms with van der Waals surface area (Å²) in [6.45, 7) is 6.83. The van der Waals surface area contributed by atoms with Crippen LogP contribution >= 0.6 is 21.5 Å². The average molecular weight is 264 g/mol. The maximum Gasteiger partial charge on any atom is 0.138 e. The second-order valence-electron chi connectivity index (χ2n) is 2.26. The summed E-state index contributed by atoms with van der Waals surface area (Å²) >= 11 is 3.65. The summed E-state index contributed by atoms with van der Waals surface area (Å²) in [7, 11) is 0. The first-order valence-electron chi connectivity index (χ1n) is 2.59. The molecule has 0 spiro atoms. The van der Waals surface area contributed by atoms with Crippen molar-refractivity contribution >= 4 is 21.5 Å². The van der Waals surface area contributed by atoms with Gasteiger partial charge in [-0.25, -0.2) is 0 Å². The molecule has 0 amide bonds. The Kier molecular flexibility index (Phi) is 7.86. The lowest BCUT2D eigenvalue weighted by Crippen LogP contribution is -3.00. The molecule has 0 radical (unpaired) electrons. The van der Waals surface area contributed by atoms with Gasteiger partial charge in [-0.3, -0.25) is 0 Å². The SMILES string of the molecule is CCC[P+](C)(C)Br.[Br-]. The topological polar surface area (TPSA) is 0 Å². The van der Waals surface area contributed by atoms with Crippen molar-refractivity contribution in [3.63, 3.8) is 0 Å². The third-order valence-corrected chi connectivity index (χ3v) is 3.33. The van der Waals surface area contributed by atoms with Gasteiger partial charge in [0.25, 0.3) is 0 Å². The van der Waals surface area contributed by atoms with Gasteiger partial charge in [0.15, 0.2) is 0 Å². The van der Waals surface area contributed by atoms with Crippen LogP contribution in [0.25, 0.3) is 0 Å². The first-order valence-corrected chi connectivity index (χ1v) is 7.47. The highest BCUT2D eigenvalue weighted by Crippen LogP contribution is 2.59. The van der Waals surface area contributed by atoms with Gasteiger partial charge in [0.1, 0.15) is 15.5 Å². The highest BCUT2D eigenvalue weighted by molar-refractivity contribution is 9.42. The van der Waals surface area contributed by atoms with Crippen molar-refractivity contribution in [3.05, 3.63) is 0 Å². The van der Waals surface area contributed by atoms with Crippen LogP contribution in [0, 0.1) is 0 Å². The summed E-state index contributed by atoms with van der Waals surface area (Å²) in [4.78, 5) is 0. The lowest BCUT2D eigenvalue weighted by atomic mass is 10.6. The van der Waals surface area contributed by atoms with Gasteiger partial charge >= 0.3 is 0 Å². The molecule has 0 saturated carbocycles. The summed E-state index contributed by atoms with van der Waals surface area (Å²) in [6, 6.07) is 0. The van der Waals surface area contributed by atoms with Crippen molar-refractivity contribution in [3.8, 4) is 0 Å². The second-order valence-corrected chi connectivity index (χ2v) is 11.5. The molecule has 0 aliphatic rings. The van der Waals surface area contributed by atoms with Crippen molar-refractivity contribution in [1.29, 1.82) is 0 Å². The summed E-state index contributed by atoms with van der Waals surface area (Å²) < 4.78 is 0. The average Bonchev–Trinajstić information content (AvgIpc) is 1.30. The van der Waals surface area contributed by atoms with Crippen LogP contribution in [0.3, 0.4) is 0 Å². The monoisotopic (exact) mass is 262 g/mol. The normalized spacial score (nSPS) is 10.5. The molecule has 0 fully saturated rings. The molecule has 0 atom stereocenters. The fourth-order valence-electron chi connectivity index (χ4n) is 0.532. The predicted octanol–water partition coefficient (Wildman–Crippen LogP) is -0.0125. The Hall–Kier alpha value is 1.39. The van der Waals surface area contributed by atoms with E-state index >= 15 is 0 Å². The molecule has 0 N–H and O–H groups in total. The van der Waals surface area contributed by atoms with E-state index in [-0.39, 0.29) is 17.0 Å². The van der Waals surface area contributed by atoms with Crippen molar-refractivity contribution in [2.75, 3.05) is 19.5 Å². The lowest BCUT2D eigenvalue weighted by molar-refractivity contribution is -0.00000164. The lowest BCUT2D eigenvalue weighted by Gasteiger charge is -2.03. The summed E-state index contributed by atoms with van der Waals surface area (Å²) in [6.07, 6.45) is 2.68. The zero-order valence-electron chi connectivity index (χ0n) is 5.62. The Morgan fingerprint density at radius 2 is 1.75 bits per heavy atom. The minimum atomic E-state index is -0.603. The quantitative estimate of drug-likeness (QED) is 0.615. The molecule has 0 aliphatic heterocycles. The zero-order valence-corrected chi connectivity index (χ0v) is 9.68. The molecule has 0 aromatic rings. The van der Waals surface area contributed by atoms with E-state index in [0.29, 0.717) is 0 Å². The first kappa shape index (κ1) is 12.1. The number of hydrogen-bond donors (Lipinski definition) is 0. The molecular weight excluding hydrogens is 251 g/mol. The van der Waals surface area contributed by atoms with Crippen LogP contribution in [0.4, 0.5) is 0 Å². The first-order chi connectivity index (χ1) is 3.06. The molecule has 0 nitrogen and oxygen atoms in total. The van der Waals surface area contributed by atoms with E-state index in [4.69, 9.17) is 0 Å². The van der Waals surface area contributed by atoms with Gasteiger partial charge in [-0.2, -0.15) is 0 Å². The molecule has 0 aromatic heterocycles. The summed E-state index contributed by atoms with van der Waals surface area (Å²) in [5.41, 5.74) is 0. The third-order valence-electron chi connectivity index (χ3n) is 0.755. The largest absolute Gasteiger partial charge is 1.00 e. The Morgan fingerprint density at radius 1 is 1.38 bits per heavy atom. The molecule has 0 saturated heterocycles. The number of rotatable bonds is 2. The molecule has 0 aliphatic carbocycles. The van der Waals surface area contributed by atoms with E-state index in [1.165, 1.54) is 12.6 Å². The highest BCUT2D eigenvalue weighted by Gasteiger charge is 2.17. The van der Waals surface area contributed by atoms with Crippen molar-refractivity contribution < 1.29 is 17.0 Å². The maximum atomic E-state index is 3.65. The van der Waals surface area contributed by atoms with Crippen LogP contribution in [-0.2, 0) is 0 Å². The van der Waals surface area contributed by atoms with E-state index < -0.39 is 5.96 Å². The van der Waals surface area contributed by atoms with Gasteiger partial charge in [0.05, 0.1) is 25.5 Å². The summed E-state index contributed by atoms with van der Waals surface area (Å²) in [5, 5.41) is 0. The molecule has 3 heteroatoms. The zero-order chi connectivity index (χ0) is 5.91. The van der Waals surface area contributed by atoms with Gasteiger partial charge in [-0.15, -0.1) is 0 Å². The molecule has 0 aromatic carbocycles. The number of hydrogen-bond acceptors (Lipinski definition) is 0. The van der Waals surface area contributed by atoms with Crippen molar-refractivity contribution in [2.24, 2.45) is 0 Å². The fourth-order valence-corrected chi connectivity index (χ4v) is 2.66. The molecule has 52 valence electrons. The van der Waals surface area contributed by atoms with Crippen LogP contribution < -0.4 is 17.0 Å². The Bertz CT molecular complexity index is 48.9. The van der Waals surface area contributed by atoms with Gasteiger partial charge < -0.3 is 17.0 Å². The van der Waals surface area contributed by atoms with Crippen molar-refractivity contribution in [2.45, 2.75) is 13.3 Å².